The van der Waals surface area contributed by atoms with E-state index in [0.29, 0.717) is 18.4 Å². The number of hydrogen-bond acceptors (Lipinski definition) is 6. The van der Waals surface area contributed by atoms with E-state index in [4.69, 9.17) is 4.42 Å². The predicted octanol–water partition coefficient (Wildman–Crippen LogP) is 2.69. The molecule has 0 amide bonds. The van der Waals surface area contributed by atoms with E-state index in [9.17, 15) is 0 Å². The number of hydrogen-bond donors (Lipinski definition) is 2. The summed E-state index contributed by atoms with van der Waals surface area (Å²) in [6, 6.07) is 1.92. The van der Waals surface area contributed by atoms with Gasteiger partial charge in [-0.15, -0.1) is 0 Å². The first-order chi connectivity index (χ1) is 9.74. The van der Waals surface area contributed by atoms with Gasteiger partial charge in [0, 0.05) is 18.5 Å². The van der Waals surface area contributed by atoms with Gasteiger partial charge in [0.1, 0.15) is 23.2 Å². The van der Waals surface area contributed by atoms with Crippen molar-refractivity contribution in [3.8, 4) is 0 Å². The zero-order valence-electron chi connectivity index (χ0n) is 11.8. The van der Waals surface area contributed by atoms with Gasteiger partial charge >= 0.3 is 0 Å². The van der Waals surface area contributed by atoms with E-state index < -0.39 is 0 Å². The molecule has 1 aliphatic rings. The summed E-state index contributed by atoms with van der Waals surface area (Å²) in [7, 11) is 0. The van der Waals surface area contributed by atoms with Crippen LogP contribution >= 0.6 is 0 Å². The van der Waals surface area contributed by atoms with Gasteiger partial charge in [-0.3, -0.25) is 0 Å². The molecule has 20 heavy (non-hydrogen) atoms. The fourth-order valence-corrected chi connectivity index (χ4v) is 2.00. The van der Waals surface area contributed by atoms with Gasteiger partial charge in [-0.05, 0) is 26.7 Å². The van der Waals surface area contributed by atoms with Crippen LogP contribution in [0.1, 0.15) is 43.2 Å². The molecule has 1 fully saturated rings. The molecule has 0 radical (unpaired) electrons. The second-order valence-electron chi connectivity index (χ2n) is 5.02. The van der Waals surface area contributed by atoms with Gasteiger partial charge in [0.25, 0.3) is 0 Å². The fraction of sp³-hybridized carbons (Fsp3) is 0.500. The first kappa shape index (κ1) is 12.9. The molecule has 1 aliphatic carbocycles. The number of aromatic nitrogens is 3. The third-order valence-corrected chi connectivity index (χ3v) is 3.13. The van der Waals surface area contributed by atoms with Gasteiger partial charge < -0.3 is 15.1 Å². The first-order valence-corrected chi connectivity index (χ1v) is 7.02. The SMILES string of the molecule is CCNc1cc(NCc2ncc(C)o2)nc(C2CC2)n1. The van der Waals surface area contributed by atoms with Crippen molar-refractivity contribution in [3.63, 3.8) is 0 Å². The molecule has 0 saturated heterocycles. The molecule has 0 atom stereocenters. The molecule has 0 unspecified atom stereocenters. The fourth-order valence-electron chi connectivity index (χ4n) is 2.00. The summed E-state index contributed by atoms with van der Waals surface area (Å²) < 4.78 is 5.44. The van der Waals surface area contributed by atoms with E-state index in [2.05, 4.69) is 32.5 Å². The van der Waals surface area contributed by atoms with Gasteiger partial charge in [-0.25, -0.2) is 15.0 Å². The van der Waals surface area contributed by atoms with Crippen molar-refractivity contribution < 1.29 is 4.42 Å². The maximum atomic E-state index is 5.44. The van der Waals surface area contributed by atoms with Crippen molar-refractivity contribution in [3.05, 3.63) is 29.7 Å². The molecule has 6 heteroatoms. The smallest absolute Gasteiger partial charge is 0.213 e. The lowest BCUT2D eigenvalue weighted by Gasteiger charge is -2.09. The summed E-state index contributed by atoms with van der Waals surface area (Å²) in [5.74, 6) is 4.62. The Morgan fingerprint density at radius 2 is 2.00 bits per heavy atom. The van der Waals surface area contributed by atoms with Gasteiger partial charge in [0.2, 0.25) is 5.89 Å². The molecule has 1 saturated carbocycles. The minimum Gasteiger partial charge on any atom is -0.444 e. The van der Waals surface area contributed by atoms with Crippen molar-refractivity contribution in [1.29, 1.82) is 0 Å². The largest absolute Gasteiger partial charge is 0.444 e. The van der Waals surface area contributed by atoms with Crippen molar-refractivity contribution in [2.24, 2.45) is 0 Å². The Hall–Kier alpha value is -2.11. The second-order valence-corrected chi connectivity index (χ2v) is 5.02. The molecule has 0 bridgehead atoms. The molecule has 106 valence electrons. The normalized spacial score (nSPS) is 14.3. The molecule has 0 spiro atoms. The third-order valence-electron chi connectivity index (χ3n) is 3.13. The van der Waals surface area contributed by atoms with Crippen LogP contribution in [0.25, 0.3) is 0 Å². The first-order valence-electron chi connectivity index (χ1n) is 7.02. The Bertz CT molecular complexity index is 591. The van der Waals surface area contributed by atoms with E-state index in [1.54, 1.807) is 6.20 Å². The topological polar surface area (TPSA) is 75.9 Å². The quantitative estimate of drug-likeness (QED) is 0.842. The van der Waals surface area contributed by atoms with Crippen LogP contribution < -0.4 is 10.6 Å². The zero-order chi connectivity index (χ0) is 13.9. The highest BCUT2D eigenvalue weighted by Gasteiger charge is 2.27. The van der Waals surface area contributed by atoms with Gasteiger partial charge in [-0.1, -0.05) is 0 Å². The predicted molar refractivity (Wildman–Crippen MR) is 76.7 cm³/mol. The molecule has 6 nitrogen and oxygen atoms in total. The number of oxazole rings is 1. The van der Waals surface area contributed by atoms with Crippen molar-refractivity contribution in [1.82, 2.24) is 15.0 Å². The number of rotatable bonds is 6. The number of anilines is 2. The van der Waals surface area contributed by atoms with Crippen LogP contribution in [-0.2, 0) is 6.54 Å². The standard InChI is InChI=1S/C14H19N5O/c1-3-15-11-6-12(19-14(18-11)10-4-5-10)16-8-13-17-7-9(2)20-13/h6-7,10H,3-5,8H2,1-2H3,(H2,15,16,18,19). The lowest BCUT2D eigenvalue weighted by Crippen LogP contribution is -2.08. The highest BCUT2D eigenvalue weighted by atomic mass is 16.4. The Morgan fingerprint density at radius 3 is 2.60 bits per heavy atom. The summed E-state index contributed by atoms with van der Waals surface area (Å²) in [5, 5.41) is 6.49. The van der Waals surface area contributed by atoms with E-state index >= 15 is 0 Å². The van der Waals surface area contributed by atoms with Crippen LogP contribution in [0.5, 0.6) is 0 Å². The zero-order valence-corrected chi connectivity index (χ0v) is 11.8. The van der Waals surface area contributed by atoms with Crippen LogP contribution in [0.3, 0.4) is 0 Å². The van der Waals surface area contributed by atoms with Gasteiger partial charge in [-0.2, -0.15) is 0 Å². The summed E-state index contributed by atoms with van der Waals surface area (Å²) in [5.41, 5.74) is 0. The van der Waals surface area contributed by atoms with E-state index in [-0.39, 0.29) is 0 Å². The lowest BCUT2D eigenvalue weighted by molar-refractivity contribution is 0.478. The van der Waals surface area contributed by atoms with Crippen LogP contribution in [0.2, 0.25) is 0 Å². The van der Waals surface area contributed by atoms with Crippen LogP contribution in [0.15, 0.2) is 16.7 Å². The maximum Gasteiger partial charge on any atom is 0.213 e. The summed E-state index contributed by atoms with van der Waals surface area (Å²) in [6.45, 7) is 5.32. The Morgan fingerprint density at radius 1 is 1.25 bits per heavy atom. The molecule has 2 heterocycles. The molecule has 2 N–H and O–H groups in total. The van der Waals surface area contributed by atoms with E-state index in [1.165, 1.54) is 12.8 Å². The van der Waals surface area contributed by atoms with Crippen molar-refractivity contribution >= 4 is 11.6 Å². The average Bonchev–Trinajstić information content (AvgIpc) is 3.20. The molecular formula is C14H19N5O. The molecule has 0 aliphatic heterocycles. The minimum absolute atomic E-state index is 0.526. The Labute approximate surface area is 118 Å². The van der Waals surface area contributed by atoms with Gasteiger partial charge in [0.05, 0.1) is 12.7 Å². The third kappa shape index (κ3) is 3.07. The number of nitrogens with one attached hydrogen (secondary N) is 2. The average molecular weight is 273 g/mol. The number of nitrogens with zero attached hydrogens (tertiary/aromatic N) is 3. The lowest BCUT2D eigenvalue weighted by atomic mass is 10.3. The van der Waals surface area contributed by atoms with Crippen LogP contribution in [-0.4, -0.2) is 21.5 Å². The summed E-state index contributed by atoms with van der Waals surface area (Å²) in [4.78, 5) is 13.3. The molecule has 0 aromatic carbocycles. The minimum atomic E-state index is 0.526. The highest BCUT2D eigenvalue weighted by molar-refractivity contribution is 5.48. The highest BCUT2D eigenvalue weighted by Crippen LogP contribution is 2.38. The summed E-state index contributed by atoms with van der Waals surface area (Å²) >= 11 is 0. The maximum absolute atomic E-state index is 5.44. The van der Waals surface area contributed by atoms with E-state index in [1.807, 2.05) is 13.0 Å². The van der Waals surface area contributed by atoms with E-state index in [0.717, 1.165) is 29.8 Å². The molecule has 2 aromatic heterocycles. The Kier molecular flexibility index (Phi) is 3.54. The van der Waals surface area contributed by atoms with Crippen molar-refractivity contribution in [2.75, 3.05) is 17.2 Å². The van der Waals surface area contributed by atoms with Crippen molar-refractivity contribution in [2.45, 2.75) is 39.2 Å². The number of aryl methyl sites for hydroxylation is 1. The second kappa shape index (κ2) is 5.48. The molecule has 2 aromatic rings. The van der Waals surface area contributed by atoms with Crippen LogP contribution in [0.4, 0.5) is 11.6 Å². The monoisotopic (exact) mass is 273 g/mol. The van der Waals surface area contributed by atoms with Crippen LogP contribution in [0, 0.1) is 6.92 Å². The summed E-state index contributed by atoms with van der Waals surface area (Å²) in [6.07, 6.45) is 4.10. The molecular weight excluding hydrogens is 254 g/mol. The Balaban J connectivity index is 1.73. The van der Waals surface area contributed by atoms with Gasteiger partial charge in [0.15, 0.2) is 0 Å². The molecule has 3 rings (SSSR count).